The van der Waals surface area contributed by atoms with Crippen LogP contribution in [0.1, 0.15) is 35.2 Å². The van der Waals surface area contributed by atoms with Gasteiger partial charge in [0, 0.05) is 24.7 Å². The van der Waals surface area contributed by atoms with Crippen molar-refractivity contribution >= 4 is 24.2 Å². The van der Waals surface area contributed by atoms with Crippen LogP contribution in [0.15, 0.2) is 24.3 Å². The number of halogens is 4. The number of hydrogen-bond donors (Lipinski definition) is 2. The number of hydrogen-bond acceptors (Lipinski definition) is 4. The monoisotopic (exact) mass is 416 g/mol. The minimum atomic E-state index is -4.45. The molecule has 2 fully saturated rings. The first-order valence-corrected chi connectivity index (χ1v) is 8.71. The van der Waals surface area contributed by atoms with E-state index in [4.69, 9.17) is 5.26 Å². The van der Waals surface area contributed by atoms with Gasteiger partial charge < -0.3 is 15.5 Å². The number of likely N-dealkylation sites (tertiary alicyclic amines) is 1. The third-order valence-corrected chi connectivity index (χ3v) is 4.92. The summed E-state index contributed by atoms with van der Waals surface area (Å²) in [6, 6.07) is 4.93. The molecule has 2 aliphatic heterocycles. The van der Waals surface area contributed by atoms with Crippen LogP contribution in [0.2, 0.25) is 0 Å². The lowest BCUT2D eigenvalue weighted by Gasteiger charge is -2.23. The highest BCUT2D eigenvalue weighted by Crippen LogP contribution is 2.29. The Morgan fingerprint density at radius 3 is 2.54 bits per heavy atom. The molecule has 10 heteroatoms. The summed E-state index contributed by atoms with van der Waals surface area (Å²) in [5, 5.41) is 14.9. The second-order valence-electron chi connectivity index (χ2n) is 6.76. The summed E-state index contributed by atoms with van der Waals surface area (Å²) in [6.45, 7) is 0.936. The molecule has 1 aromatic carbocycles. The number of carbonyl (C=O) groups excluding carboxylic acids is 2. The van der Waals surface area contributed by atoms with Crippen LogP contribution < -0.4 is 10.6 Å². The first-order chi connectivity index (χ1) is 12.8. The molecular formula is C18H20ClF3N4O2. The quantitative estimate of drug-likeness (QED) is 0.790. The van der Waals surface area contributed by atoms with Gasteiger partial charge in [-0.15, -0.1) is 12.4 Å². The Morgan fingerprint density at radius 2 is 1.93 bits per heavy atom. The van der Waals surface area contributed by atoms with E-state index in [1.807, 2.05) is 0 Å². The molecule has 2 N–H and O–H groups in total. The predicted octanol–water partition coefficient (Wildman–Crippen LogP) is 2.10. The molecule has 0 aliphatic carbocycles. The fourth-order valence-electron chi connectivity index (χ4n) is 3.48. The molecule has 1 aromatic rings. The molecule has 3 rings (SSSR count). The zero-order chi connectivity index (χ0) is 19.6. The van der Waals surface area contributed by atoms with Crippen molar-refractivity contribution in [2.75, 3.05) is 13.1 Å². The molecule has 0 spiro atoms. The fourth-order valence-corrected chi connectivity index (χ4v) is 3.48. The molecule has 152 valence electrons. The number of amides is 2. The molecule has 2 aliphatic rings. The standard InChI is InChI=1S/C18H19F3N4O2.ClH/c19-18(20,21)12-5-3-11(4-6-12)16(26)24-13-8-15(23-10-13)17(27)25-7-1-2-14(25)9-22;/h3-6,13-15,23H,1-2,7-8,10H2,(H,24,26);1H/t13-,14?,15-;/m0./s1. The summed E-state index contributed by atoms with van der Waals surface area (Å²) >= 11 is 0. The first-order valence-electron chi connectivity index (χ1n) is 8.71. The number of nitrogens with zero attached hydrogens (tertiary/aromatic N) is 2. The van der Waals surface area contributed by atoms with Gasteiger partial charge in [0.15, 0.2) is 0 Å². The van der Waals surface area contributed by atoms with Gasteiger partial charge in [-0.1, -0.05) is 0 Å². The van der Waals surface area contributed by atoms with Gasteiger partial charge >= 0.3 is 6.18 Å². The molecule has 3 atom stereocenters. The Bertz CT molecular complexity index is 764. The summed E-state index contributed by atoms with van der Waals surface area (Å²) in [4.78, 5) is 26.3. The van der Waals surface area contributed by atoms with Gasteiger partial charge in [0.05, 0.1) is 17.7 Å². The molecule has 0 aromatic heterocycles. The van der Waals surface area contributed by atoms with Crippen LogP contribution in [0.25, 0.3) is 0 Å². The molecule has 0 radical (unpaired) electrons. The Balaban J connectivity index is 0.00000280. The van der Waals surface area contributed by atoms with E-state index in [-0.39, 0.29) is 29.9 Å². The largest absolute Gasteiger partial charge is 0.416 e. The maximum absolute atomic E-state index is 12.6. The van der Waals surface area contributed by atoms with Gasteiger partial charge in [0.25, 0.3) is 5.91 Å². The molecule has 0 saturated carbocycles. The SMILES string of the molecule is Cl.N#CC1CCCN1C(=O)[C@@H]1C[C@H](NC(=O)c2ccc(C(F)(F)F)cc2)CN1. The van der Waals surface area contributed by atoms with Crippen LogP contribution >= 0.6 is 12.4 Å². The van der Waals surface area contributed by atoms with E-state index < -0.39 is 29.7 Å². The summed E-state index contributed by atoms with van der Waals surface area (Å²) in [6.07, 6.45) is -2.61. The maximum atomic E-state index is 12.6. The molecule has 28 heavy (non-hydrogen) atoms. The average Bonchev–Trinajstić information content (AvgIpc) is 3.29. The molecule has 2 saturated heterocycles. The fraction of sp³-hybridized carbons (Fsp3) is 0.500. The third-order valence-electron chi connectivity index (χ3n) is 4.92. The lowest BCUT2D eigenvalue weighted by molar-refractivity contribution is -0.137. The minimum Gasteiger partial charge on any atom is -0.348 e. The van der Waals surface area contributed by atoms with E-state index in [1.54, 1.807) is 4.90 Å². The smallest absolute Gasteiger partial charge is 0.348 e. The van der Waals surface area contributed by atoms with Crippen molar-refractivity contribution in [1.82, 2.24) is 15.5 Å². The number of alkyl halides is 3. The van der Waals surface area contributed by atoms with Crippen LogP contribution in [-0.4, -0.2) is 47.9 Å². The Hall–Kier alpha value is -2.31. The number of nitrogens with one attached hydrogen (secondary N) is 2. The second-order valence-corrected chi connectivity index (χ2v) is 6.76. The maximum Gasteiger partial charge on any atom is 0.416 e. The Morgan fingerprint density at radius 1 is 1.25 bits per heavy atom. The average molecular weight is 417 g/mol. The van der Waals surface area contributed by atoms with Gasteiger partial charge in [-0.05, 0) is 43.5 Å². The second kappa shape index (κ2) is 8.80. The van der Waals surface area contributed by atoms with E-state index >= 15 is 0 Å². The normalized spacial score (nSPS) is 24.4. The lowest BCUT2D eigenvalue weighted by atomic mass is 10.1. The van der Waals surface area contributed by atoms with Crippen LogP contribution in [-0.2, 0) is 11.0 Å². The number of benzene rings is 1. The number of carbonyl (C=O) groups is 2. The lowest BCUT2D eigenvalue weighted by Crippen LogP contribution is -2.45. The Labute approximate surface area is 166 Å². The zero-order valence-electron chi connectivity index (χ0n) is 14.8. The molecule has 2 amide bonds. The van der Waals surface area contributed by atoms with E-state index in [2.05, 4.69) is 16.7 Å². The highest BCUT2D eigenvalue weighted by atomic mass is 35.5. The molecule has 2 heterocycles. The van der Waals surface area contributed by atoms with Crippen LogP contribution in [0.5, 0.6) is 0 Å². The highest BCUT2D eigenvalue weighted by molar-refractivity contribution is 5.94. The van der Waals surface area contributed by atoms with Crippen molar-refractivity contribution in [3.05, 3.63) is 35.4 Å². The minimum absolute atomic E-state index is 0. The van der Waals surface area contributed by atoms with Crippen molar-refractivity contribution in [3.63, 3.8) is 0 Å². The van der Waals surface area contributed by atoms with Crippen LogP contribution in [0.4, 0.5) is 13.2 Å². The summed E-state index contributed by atoms with van der Waals surface area (Å²) < 4.78 is 37.8. The van der Waals surface area contributed by atoms with Gasteiger partial charge in [0.2, 0.25) is 5.91 Å². The van der Waals surface area contributed by atoms with Crippen LogP contribution in [0.3, 0.4) is 0 Å². The molecule has 0 bridgehead atoms. The summed E-state index contributed by atoms with van der Waals surface area (Å²) in [7, 11) is 0. The van der Waals surface area contributed by atoms with Crippen molar-refractivity contribution in [1.29, 1.82) is 5.26 Å². The van der Waals surface area contributed by atoms with Gasteiger partial charge in [0.1, 0.15) is 6.04 Å². The van der Waals surface area contributed by atoms with Crippen molar-refractivity contribution in [2.45, 2.75) is 43.6 Å². The molecule has 6 nitrogen and oxygen atoms in total. The zero-order valence-corrected chi connectivity index (χ0v) is 15.6. The third kappa shape index (κ3) is 4.75. The molecule has 1 unspecified atom stereocenters. The first kappa shape index (κ1) is 22.0. The van der Waals surface area contributed by atoms with Gasteiger partial charge in [-0.3, -0.25) is 9.59 Å². The highest BCUT2D eigenvalue weighted by Gasteiger charge is 2.37. The van der Waals surface area contributed by atoms with E-state index in [1.165, 1.54) is 0 Å². The summed E-state index contributed by atoms with van der Waals surface area (Å²) in [5.41, 5.74) is -0.688. The van der Waals surface area contributed by atoms with Crippen molar-refractivity contribution in [3.8, 4) is 6.07 Å². The predicted molar refractivity (Wildman–Crippen MR) is 96.7 cm³/mol. The van der Waals surface area contributed by atoms with Crippen molar-refractivity contribution < 1.29 is 22.8 Å². The topological polar surface area (TPSA) is 85.2 Å². The summed E-state index contributed by atoms with van der Waals surface area (Å²) in [5.74, 6) is -0.634. The van der Waals surface area contributed by atoms with E-state index in [0.717, 1.165) is 30.7 Å². The Kier molecular flexibility index (Phi) is 6.91. The molecular weight excluding hydrogens is 397 g/mol. The van der Waals surface area contributed by atoms with Crippen molar-refractivity contribution in [2.24, 2.45) is 0 Å². The van der Waals surface area contributed by atoms with E-state index in [9.17, 15) is 22.8 Å². The number of nitriles is 1. The number of rotatable bonds is 3. The van der Waals surface area contributed by atoms with Gasteiger partial charge in [-0.2, -0.15) is 18.4 Å². The van der Waals surface area contributed by atoms with Gasteiger partial charge in [-0.25, -0.2) is 0 Å². The van der Waals surface area contributed by atoms with E-state index in [0.29, 0.717) is 25.9 Å². The van der Waals surface area contributed by atoms with Crippen LogP contribution in [0, 0.1) is 11.3 Å².